The minimum Gasteiger partial charge on any atom is -0.822 e. The summed E-state index contributed by atoms with van der Waals surface area (Å²) in [6.07, 6.45) is 0. The summed E-state index contributed by atoms with van der Waals surface area (Å²) in [6.45, 7) is 0.972. The first kappa shape index (κ1) is 16.6. The molecule has 0 rings (SSSR count). The smallest absolute Gasteiger partial charge is 0.0383 e. The molecule has 0 fully saturated rings. The molecule has 0 heterocycles. The van der Waals surface area contributed by atoms with Gasteiger partial charge in [-0.1, -0.05) is 0 Å². The van der Waals surface area contributed by atoms with Gasteiger partial charge in [0.25, 0.3) is 0 Å². The van der Waals surface area contributed by atoms with Gasteiger partial charge in [-0.05, 0) is 6.92 Å². The SMILES string of the molecule is CC(=O)[O-].O=P([O-])([O-])[O-].[Cu]. The third kappa shape index (κ3) is 41300. The summed E-state index contributed by atoms with van der Waals surface area (Å²) in [4.78, 5) is 34.5. The van der Waals surface area contributed by atoms with E-state index in [-0.39, 0.29) is 17.1 Å². The van der Waals surface area contributed by atoms with E-state index in [1.807, 2.05) is 0 Å². The molecular weight excluding hydrogens is 215 g/mol. The number of carboxylic acid groups (broad SMARTS) is 1. The first-order valence-corrected chi connectivity index (χ1v) is 3.10. The summed E-state index contributed by atoms with van der Waals surface area (Å²) in [6, 6.07) is 0. The Morgan fingerprint density at radius 3 is 1.30 bits per heavy atom. The molecular formula is C2H3CuO6P-4. The van der Waals surface area contributed by atoms with Crippen LogP contribution in [0.5, 0.6) is 0 Å². The van der Waals surface area contributed by atoms with Crippen LogP contribution < -0.4 is 19.8 Å². The van der Waals surface area contributed by atoms with E-state index in [2.05, 4.69) is 0 Å². The maximum absolute atomic E-state index is 8.89. The molecule has 8 heteroatoms. The van der Waals surface area contributed by atoms with Crippen molar-refractivity contribution >= 4 is 13.8 Å². The minimum absolute atomic E-state index is 0. The monoisotopic (exact) mass is 217 g/mol. The standard InChI is InChI=1S/C2H4O2.Cu.H3O4P/c1-2(3)4;;1-5(2,3)4/h1H3,(H,3,4);;(H3,1,2,3,4)/p-4. The fourth-order valence-electron chi connectivity index (χ4n) is 0. The van der Waals surface area contributed by atoms with Gasteiger partial charge in [0.2, 0.25) is 0 Å². The Hall–Kier alpha value is 0.0995. The van der Waals surface area contributed by atoms with Crippen LogP contribution in [0.3, 0.4) is 0 Å². The molecule has 0 unspecified atom stereocenters. The van der Waals surface area contributed by atoms with Gasteiger partial charge in [0, 0.05) is 23.0 Å². The molecule has 0 aliphatic heterocycles. The largest absolute Gasteiger partial charge is 0.822 e. The molecule has 0 bridgehead atoms. The first-order chi connectivity index (χ1) is 3.73. The number of carbonyl (C=O) groups excluding carboxylic acids is 1. The first-order valence-electron chi connectivity index (χ1n) is 1.64. The molecule has 0 aromatic carbocycles. The predicted molar refractivity (Wildman–Crippen MR) is 18.3 cm³/mol. The molecule has 0 spiro atoms. The van der Waals surface area contributed by atoms with E-state index >= 15 is 0 Å². The van der Waals surface area contributed by atoms with Crippen molar-refractivity contribution in [1.29, 1.82) is 0 Å². The summed E-state index contributed by atoms with van der Waals surface area (Å²) < 4.78 is 8.55. The quantitative estimate of drug-likeness (QED) is 0.300. The molecule has 0 aliphatic carbocycles. The molecule has 0 saturated carbocycles. The zero-order chi connectivity index (χ0) is 8.08. The van der Waals surface area contributed by atoms with Crippen molar-refractivity contribution in [3.05, 3.63) is 0 Å². The van der Waals surface area contributed by atoms with E-state index in [9.17, 15) is 0 Å². The Morgan fingerprint density at radius 2 is 1.30 bits per heavy atom. The maximum Gasteiger partial charge on any atom is 0.0383 e. The van der Waals surface area contributed by atoms with Gasteiger partial charge in [-0.15, -0.1) is 0 Å². The van der Waals surface area contributed by atoms with E-state index in [4.69, 9.17) is 29.1 Å². The van der Waals surface area contributed by atoms with Crippen LogP contribution in [0.1, 0.15) is 6.92 Å². The molecule has 6 nitrogen and oxygen atoms in total. The van der Waals surface area contributed by atoms with Gasteiger partial charge in [0.05, 0.1) is 0 Å². The summed E-state index contributed by atoms with van der Waals surface area (Å²) in [5.41, 5.74) is 0. The van der Waals surface area contributed by atoms with Crippen LogP contribution in [-0.2, 0) is 26.4 Å². The predicted octanol–water partition coefficient (Wildman–Crippen LogP) is -4.07. The second-order valence-electron chi connectivity index (χ2n) is 0.939. The second-order valence-corrected chi connectivity index (χ2v) is 1.83. The van der Waals surface area contributed by atoms with Gasteiger partial charge >= 0.3 is 0 Å². The molecule has 67 valence electrons. The third-order valence-corrected chi connectivity index (χ3v) is 0. The zero-order valence-electron chi connectivity index (χ0n) is 4.70. The molecule has 0 amide bonds. The summed E-state index contributed by atoms with van der Waals surface area (Å²) in [5, 5.41) is 8.89. The van der Waals surface area contributed by atoms with Crippen molar-refractivity contribution in [2.75, 3.05) is 0 Å². The van der Waals surface area contributed by atoms with Crippen molar-refractivity contribution < 1.29 is 46.2 Å². The second kappa shape index (κ2) is 7.21. The van der Waals surface area contributed by atoms with Crippen LogP contribution in [-0.4, -0.2) is 5.97 Å². The van der Waals surface area contributed by atoms with Crippen LogP contribution >= 0.6 is 7.82 Å². The van der Waals surface area contributed by atoms with Gasteiger partial charge < -0.3 is 29.1 Å². The number of hydrogen-bond acceptors (Lipinski definition) is 6. The number of phosphoric acid groups is 1. The molecule has 0 aromatic heterocycles. The van der Waals surface area contributed by atoms with Crippen molar-refractivity contribution in [3.63, 3.8) is 0 Å². The Morgan fingerprint density at radius 1 is 1.30 bits per heavy atom. The van der Waals surface area contributed by atoms with Crippen LogP contribution in [0.15, 0.2) is 0 Å². The molecule has 0 atom stereocenters. The van der Waals surface area contributed by atoms with Gasteiger partial charge in [0.1, 0.15) is 0 Å². The van der Waals surface area contributed by atoms with Crippen molar-refractivity contribution in [1.82, 2.24) is 0 Å². The van der Waals surface area contributed by atoms with Gasteiger partial charge in [0.15, 0.2) is 0 Å². The Bertz CT molecular complexity index is 115. The third-order valence-electron chi connectivity index (χ3n) is 0. The van der Waals surface area contributed by atoms with E-state index in [1.54, 1.807) is 0 Å². The average Bonchev–Trinajstić information content (AvgIpc) is 1.19. The Kier molecular flexibility index (Phi) is 12.0. The summed E-state index contributed by atoms with van der Waals surface area (Å²) in [7, 11) is -5.39. The normalized spacial score (nSPS) is 8.40. The summed E-state index contributed by atoms with van der Waals surface area (Å²) in [5.74, 6) is -1.08. The zero-order valence-corrected chi connectivity index (χ0v) is 6.53. The minimum atomic E-state index is -5.39. The van der Waals surface area contributed by atoms with E-state index < -0.39 is 13.8 Å². The van der Waals surface area contributed by atoms with Crippen LogP contribution in [0.2, 0.25) is 0 Å². The molecule has 0 aromatic rings. The summed E-state index contributed by atoms with van der Waals surface area (Å²) >= 11 is 0. The van der Waals surface area contributed by atoms with Gasteiger partial charge in [-0.25, -0.2) is 0 Å². The van der Waals surface area contributed by atoms with Crippen LogP contribution in [0, 0.1) is 0 Å². The number of hydrogen-bond donors (Lipinski definition) is 0. The van der Waals surface area contributed by atoms with Crippen molar-refractivity contribution in [2.45, 2.75) is 6.92 Å². The fourth-order valence-corrected chi connectivity index (χ4v) is 0. The number of carboxylic acids is 1. The van der Waals surface area contributed by atoms with Gasteiger partial charge in [-0.3, -0.25) is 0 Å². The molecule has 1 radical (unpaired) electrons. The van der Waals surface area contributed by atoms with Crippen molar-refractivity contribution in [3.8, 4) is 0 Å². The fraction of sp³-hybridized carbons (Fsp3) is 0.500. The van der Waals surface area contributed by atoms with Gasteiger partial charge in [-0.2, -0.15) is 7.82 Å². The van der Waals surface area contributed by atoms with E-state index in [0.29, 0.717) is 0 Å². The molecule has 10 heavy (non-hydrogen) atoms. The maximum atomic E-state index is 8.89. The van der Waals surface area contributed by atoms with E-state index in [0.717, 1.165) is 6.92 Å². The van der Waals surface area contributed by atoms with E-state index in [1.165, 1.54) is 0 Å². The topological polar surface area (TPSA) is 126 Å². The average molecular weight is 218 g/mol. The Balaban J connectivity index is -0.0000000910. The molecule has 0 saturated heterocycles. The van der Waals surface area contributed by atoms with Crippen LogP contribution in [0.25, 0.3) is 0 Å². The number of rotatable bonds is 0. The Labute approximate surface area is 67.6 Å². The van der Waals surface area contributed by atoms with Crippen LogP contribution in [0.4, 0.5) is 0 Å². The van der Waals surface area contributed by atoms with Crippen molar-refractivity contribution in [2.24, 2.45) is 0 Å². The molecule has 0 N–H and O–H groups in total. The molecule has 0 aliphatic rings. The number of carbonyl (C=O) groups is 1. The number of aliphatic carboxylic acids is 1.